The van der Waals surface area contributed by atoms with Gasteiger partial charge in [0.15, 0.2) is 0 Å². The minimum absolute atomic E-state index is 0.0597. The van der Waals surface area contributed by atoms with E-state index in [0.717, 1.165) is 17.0 Å². The maximum Gasteiger partial charge on any atom is 0.416 e. The van der Waals surface area contributed by atoms with Gasteiger partial charge in [0.05, 0.1) is 17.0 Å². The molecule has 0 spiro atoms. The number of carbonyl (C=O) groups excluding carboxylic acids is 2. The zero-order valence-corrected chi connectivity index (χ0v) is 16.1. The van der Waals surface area contributed by atoms with E-state index >= 15 is 0 Å². The maximum absolute atomic E-state index is 12.6. The fourth-order valence-electron chi connectivity index (χ4n) is 2.72. The molecule has 1 heterocycles. The molecule has 0 aliphatic carbocycles. The second-order valence-electron chi connectivity index (χ2n) is 6.43. The minimum atomic E-state index is -4.36. The van der Waals surface area contributed by atoms with Gasteiger partial charge in [-0.15, -0.1) is 11.3 Å². The van der Waals surface area contributed by atoms with Crippen molar-refractivity contribution >= 4 is 23.0 Å². The van der Waals surface area contributed by atoms with Gasteiger partial charge >= 0.3 is 6.18 Å². The third-order valence-corrected chi connectivity index (χ3v) is 5.39. The molecule has 7 heteroatoms. The molecule has 29 heavy (non-hydrogen) atoms. The molecule has 1 aromatic heterocycles. The molecule has 2 aromatic carbocycles. The molecule has 0 radical (unpaired) electrons. The molecule has 0 atom stereocenters. The SMILES string of the molecule is O=C(CCc1ccc(C(F)(F)F)cc1)NCc1ccc(C(=O)c2ccccc2)s1. The minimum Gasteiger partial charge on any atom is -0.351 e. The van der Waals surface area contributed by atoms with Crippen LogP contribution in [0.3, 0.4) is 0 Å². The van der Waals surface area contributed by atoms with E-state index in [1.54, 1.807) is 36.4 Å². The van der Waals surface area contributed by atoms with Crippen molar-refractivity contribution in [1.82, 2.24) is 5.32 Å². The molecule has 0 bridgehead atoms. The summed E-state index contributed by atoms with van der Waals surface area (Å²) in [5.41, 5.74) is 0.575. The summed E-state index contributed by atoms with van der Waals surface area (Å²) < 4.78 is 37.7. The Balaban J connectivity index is 1.47. The highest BCUT2D eigenvalue weighted by Gasteiger charge is 2.29. The van der Waals surface area contributed by atoms with Crippen LogP contribution in [0.15, 0.2) is 66.7 Å². The van der Waals surface area contributed by atoms with Crippen molar-refractivity contribution in [3.05, 3.63) is 93.2 Å². The lowest BCUT2D eigenvalue weighted by molar-refractivity contribution is -0.137. The van der Waals surface area contributed by atoms with Crippen LogP contribution in [0.4, 0.5) is 13.2 Å². The van der Waals surface area contributed by atoms with Gasteiger partial charge in [-0.3, -0.25) is 9.59 Å². The number of benzene rings is 2. The molecule has 0 aliphatic rings. The topological polar surface area (TPSA) is 46.2 Å². The Bertz CT molecular complexity index is 979. The van der Waals surface area contributed by atoms with Gasteiger partial charge in [-0.25, -0.2) is 0 Å². The van der Waals surface area contributed by atoms with Crippen LogP contribution in [0.25, 0.3) is 0 Å². The third kappa shape index (κ3) is 5.77. The second-order valence-corrected chi connectivity index (χ2v) is 7.60. The Hall–Kier alpha value is -2.93. The molecule has 1 N–H and O–H groups in total. The van der Waals surface area contributed by atoms with E-state index < -0.39 is 11.7 Å². The number of rotatable bonds is 7. The first-order valence-electron chi connectivity index (χ1n) is 8.94. The van der Waals surface area contributed by atoms with Gasteiger partial charge in [0.1, 0.15) is 0 Å². The van der Waals surface area contributed by atoms with Crippen molar-refractivity contribution in [3.63, 3.8) is 0 Å². The number of thiophene rings is 1. The molecule has 3 rings (SSSR count). The Morgan fingerprint density at radius 1 is 0.897 bits per heavy atom. The van der Waals surface area contributed by atoms with E-state index in [2.05, 4.69) is 5.32 Å². The Kier molecular flexibility index (Phi) is 6.49. The summed E-state index contributed by atoms with van der Waals surface area (Å²) in [5.74, 6) is -0.260. The molecule has 0 saturated carbocycles. The van der Waals surface area contributed by atoms with E-state index in [1.807, 2.05) is 6.07 Å². The van der Waals surface area contributed by atoms with E-state index in [4.69, 9.17) is 0 Å². The lowest BCUT2D eigenvalue weighted by atomic mass is 10.1. The van der Waals surface area contributed by atoms with Crippen molar-refractivity contribution in [1.29, 1.82) is 0 Å². The molecule has 0 saturated heterocycles. The predicted molar refractivity (Wildman–Crippen MR) is 106 cm³/mol. The first kappa shape index (κ1) is 20.8. The highest BCUT2D eigenvalue weighted by Crippen LogP contribution is 2.29. The van der Waals surface area contributed by atoms with Crippen molar-refractivity contribution < 1.29 is 22.8 Å². The highest BCUT2D eigenvalue weighted by atomic mass is 32.1. The van der Waals surface area contributed by atoms with Crippen molar-refractivity contribution in [2.24, 2.45) is 0 Å². The van der Waals surface area contributed by atoms with Crippen molar-refractivity contribution in [3.8, 4) is 0 Å². The molecule has 3 aromatic rings. The number of halogens is 3. The zero-order chi connectivity index (χ0) is 20.9. The van der Waals surface area contributed by atoms with Crippen LogP contribution in [0.5, 0.6) is 0 Å². The summed E-state index contributed by atoms with van der Waals surface area (Å²) in [7, 11) is 0. The average Bonchev–Trinajstić information content (AvgIpc) is 3.19. The van der Waals surface area contributed by atoms with E-state index in [9.17, 15) is 22.8 Å². The smallest absolute Gasteiger partial charge is 0.351 e. The van der Waals surface area contributed by atoms with Gasteiger partial charge in [-0.2, -0.15) is 13.2 Å². The standard InChI is InChI=1S/C22H18F3NO2S/c23-22(24,25)17-9-6-15(7-10-17)8-13-20(27)26-14-18-11-12-19(29-18)21(28)16-4-2-1-3-5-16/h1-7,9-12H,8,13-14H2,(H,26,27). The largest absolute Gasteiger partial charge is 0.416 e. The maximum atomic E-state index is 12.6. The molecule has 3 nitrogen and oxygen atoms in total. The summed E-state index contributed by atoms with van der Waals surface area (Å²) in [6, 6.07) is 17.3. The monoisotopic (exact) mass is 417 g/mol. The van der Waals surface area contributed by atoms with Crippen LogP contribution in [0.1, 0.15) is 37.7 Å². The number of ketones is 1. The molecule has 150 valence electrons. The average molecular weight is 417 g/mol. The lowest BCUT2D eigenvalue weighted by Gasteiger charge is -2.08. The Morgan fingerprint density at radius 3 is 2.24 bits per heavy atom. The van der Waals surface area contributed by atoms with E-state index in [0.29, 0.717) is 29.0 Å². The van der Waals surface area contributed by atoms with Gasteiger partial charge in [-0.05, 0) is 36.2 Å². The van der Waals surface area contributed by atoms with Crippen LogP contribution in [0, 0.1) is 0 Å². The van der Waals surface area contributed by atoms with Crippen LogP contribution in [-0.4, -0.2) is 11.7 Å². The number of nitrogens with one attached hydrogen (secondary N) is 1. The van der Waals surface area contributed by atoms with Crippen LogP contribution in [-0.2, 0) is 23.9 Å². The summed E-state index contributed by atoms with van der Waals surface area (Å²) in [6.07, 6.45) is -3.84. The zero-order valence-electron chi connectivity index (χ0n) is 15.3. The van der Waals surface area contributed by atoms with Crippen LogP contribution < -0.4 is 5.32 Å². The molecule has 0 aliphatic heterocycles. The molecular formula is C22H18F3NO2S. The van der Waals surface area contributed by atoms with E-state index in [-0.39, 0.29) is 18.1 Å². The summed E-state index contributed by atoms with van der Waals surface area (Å²) in [6.45, 7) is 0.304. The van der Waals surface area contributed by atoms with Crippen molar-refractivity contribution in [2.75, 3.05) is 0 Å². The van der Waals surface area contributed by atoms with E-state index in [1.165, 1.54) is 23.5 Å². The molecule has 0 unspecified atom stereocenters. The number of alkyl halides is 3. The Morgan fingerprint density at radius 2 is 1.59 bits per heavy atom. The first-order valence-corrected chi connectivity index (χ1v) is 9.76. The third-order valence-electron chi connectivity index (χ3n) is 4.30. The van der Waals surface area contributed by atoms with Crippen LogP contribution >= 0.6 is 11.3 Å². The first-order chi connectivity index (χ1) is 13.8. The second kappa shape index (κ2) is 9.05. The number of carbonyl (C=O) groups is 2. The van der Waals surface area contributed by atoms with Crippen LogP contribution in [0.2, 0.25) is 0 Å². The molecule has 1 amide bonds. The number of hydrogen-bond donors (Lipinski definition) is 1. The van der Waals surface area contributed by atoms with Gasteiger partial charge in [0.25, 0.3) is 0 Å². The fourth-order valence-corrected chi connectivity index (χ4v) is 3.63. The number of hydrogen-bond acceptors (Lipinski definition) is 3. The van der Waals surface area contributed by atoms with Gasteiger partial charge in [0.2, 0.25) is 11.7 Å². The van der Waals surface area contributed by atoms with Gasteiger partial charge in [-0.1, -0.05) is 42.5 Å². The lowest BCUT2D eigenvalue weighted by Crippen LogP contribution is -2.22. The van der Waals surface area contributed by atoms with Gasteiger partial charge < -0.3 is 5.32 Å². The molecular weight excluding hydrogens is 399 g/mol. The predicted octanol–water partition coefficient (Wildman–Crippen LogP) is 5.25. The quantitative estimate of drug-likeness (QED) is 0.534. The highest BCUT2D eigenvalue weighted by molar-refractivity contribution is 7.14. The number of aryl methyl sites for hydroxylation is 1. The fraction of sp³-hybridized carbons (Fsp3) is 0.182. The Labute approximate surface area is 170 Å². The van der Waals surface area contributed by atoms with Gasteiger partial charge in [0, 0.05) is 16.9 Å². The summed E-state index contributed by atoms with van der Waals surface area (Å²) in [5, 5.41) is 2.78. The molecule has 0 fully saturated rings. The van der Waals surface area contributed by atoms with Crippen molar-refractivity contribution in [2.45, 2.75) is 25.6 Å². The summed E-state index contributed by atoms with van der Waals surface area (Å²) >= 11 is 1.33. The summed E-state index contributed by atoms with van der Waals surface area (Å²) in [4.78, 5) is 25.9. The normalized spacial score (nSPS) is 11.3. The number of amides is 1.